The summed E-state index contributed by atoms with van der Waals surface area (Å²) in [5, 5.41) is 3.95. The average molecular weight is 246 g/mol. The standard InChI is InChI=1S/C13H18N4O/c1-2-3-6-11(14)13-16-12(17-18-13)8-10-5-4-7-15-9-10/h4-5,7,9,11H,2-3,6,8,14H2,1H3/t11-/m0/s1. The van der Waals surface area contributed by atoms with Crippen LogP contribution in [0.2, 0.25) is 0 Å². The van der Waals surface area contributed by atoms with Gasteiger partial charge in [0.2, 0.25) is 5.89 Å². The maximum atomic E-state index is 5.98. The molecule has 0 bridgehead atoms. The Labute approximate surface area is 106 Å². The Morgan fingerprint density at radius 3 is 3.06 bits per heavy atom. The fourth-order valence-electron chi connectivity index (χ4n) is 1.72. The number of unbranched alkanes of at least 4 members (excludes halogenated alkanes) is 1. The minimum absolute atomic E-state index is 0.153. The van der Waals surface area contributed by atoms with E-state index in [-0.39, 0.29) is 6.04 Å². The lowest BCUT2D eigenvalue weighted by Crippen LogP contribution is -2.10. The largest absolute Gasteiger partial charge is 0.338 e. The molecule has 0 saturated heterocycles. The molecule has 5 nitrogen and oxygen atoms in total. The second-order valence-electron chi connectivity index (χ2n) is 4.34. The Bertz CT molecular complexity index is 469. The van der Waals surface area contributed by atoms with Crippen LogP contribution in [0.1, 0.15) is 49.5 Å². The van der Waals surface area contributed by atoms with Gasteiger partial charge in [-0.15, -0.1) is 0 Å². The molecular weight excluding hydrogens is 228 g/mol. The SMILES string of the molecule is CCCC[C@H](N)c1nc(Cc2cccnc2)no1. The smallest absolute Gasteiger partial charge is 0.243 e. The first-order valence-corrected chi connectivity index (χ1v) is 6.26. The lowest BCUT2D eigenvalue weighted by molar-refractivity contribution is 0.343. The molecule has 0 radical (unpaired) electrons. The third kappa shape index (κ3) is 3.37. The van der Waals surface area contributed by atoms with Gasteiger partial charge in [-0.3, -0.25) is 4.98 Å². The molecular formula is C13H18N4O. The number of rotatable bonds is 6. The normalized spacial score (nSPS) is 12.6. The minimum atomic E-state index is -0.153. The van der Waals surface area contributed by atoms with Crippen LogP contribution in [0.25, 0.3) is 0 Å². The molecule has 0 fully saturated rings. The summed E-state index contributed by atoms with van der Waals surface area (Å²) >= 11 is 0. The molecule has 0 unspecified atom stereocenters. The number of pyridine rings is 1. The predicted octanol–water partition coefficient (Wildman–Crippen LogP) is 2.25. The maximum absolute atomic E-state index is 5.98. The molecule has 2 aromatic heterocycles. The van der Waals surface area contributed by atoms with E-state index < -0.39 is 0 Å². The molecule has 2 aromatic rings. The molecule has 0 aliphatic carbocycles. The van der Waals surface area contributed by atoms with Crippen molar-refractivity contribution >= 4 is 0 Å². The number of nitrogens with zero attached hydrogens (tertiary/aromatic N) is 3. The Kier molecular flexibility index (Phi) is 4.41. The van der Waals surface area contributed by atoms with Gasteiger partial charge in [-0.1, -0.05) is 31.0 Å². The quantitative estimate of drug-likeness (QED) is 0.845. The van der Waals surface area contributed by atoms with Crippen molar-refractivity contribution in [3.8, 4) is 0 Å². The van der Waals surface area contributed by atoms with Crippen molar-refractivity contribution in [2.24, 2.45) is 5.73 Å². The van der Waals surface area contributed by atoms with Crippen LogP contribution in [0.15, 0.2) is 29.0 Å². The van der Waals surface area contributed by atoms with E-state index in [0.717, 1.165) is 24.8 Å². The van der Waals surface area contributed by atoms with Gasteiger partial charge in [0, 0.05) is 18.8 Å². The first-order chi connectivity index (χ1) is 8.79. The van der Waals surface area contributed by atoms with Crippen LogP contribution < -0.4 is 5.73 Å². The number of hydrogen-bond donors (Lipinski definition) is 1. The number of hydrogen-bond acceptors (Lipinski definition) is 5. The van der Waals surface area contributed by atoms with E-state index in [4.69, 9.17) is 10.3 Å². The highest BCUT2D eigenvalue weighted by Gasteiger charge is 2.14. The highest BCUT2D eigenvalue weighted by atomic mass is 16.5. The molecule has 2 heterocycles. The molecule has 2 rings (SSSR count). The maximum Gasteiger partial charge on any atom is 0.243 e. The molecule has 18 heavy (non-hydrogen) atoms. The second kappa shape index (κ2) is 6.26. The van der Waals surface area contributed by atoms with Gasteiger partial charge in [0.15, 0.2) is 5.82 Å². The average Bonchev–Trinajstić information content (AvgIpc) is 2.86. The molecule has 1 atom stereocenters. The molecule has 2 N–H and O–H groups in total. The van der Waals surface area contributed by atoms with Crippen LogP contribution in [-0.2, 0) is 6.42 Å². The third-order valence-electron chi connectivity index (χ3n) is 2.75. The summed E-state index contributed by atoms with van der Waals surface area (Å²) < 4.78 is 5.19. The molecule has 0 saturated carbocycles. The third-order valence-corrected chi connectivity index (χ3v) is 2.75. The highest BCUT2D eigenvalue weighted by Crippen LogP contribution is 2.15. The van der Waals surface area contributed by atoms with E-state index in [2.05, 4.69) is 22.0 Å². The second-order valence-corrected chi connectivity index (χ2v) is 4.34. The van der Waals surface area contributed by atoms with E-state index in [9.17, 15) is 0 Å². The van der Waals surface area contributed by atoms with Crippen molar-refractivity contribution in [2.45, 2.75) is 38.6 Å². The van der Waals surface area contributed by atoms with Gasteiger partial charge < -0.3 is 10.3 Å². The first kappa shape index (κ1) is 12.7. The Hall–Kier alpha value is -1.75. The van der Waals surface area contributed by atoms with Crippen molar-refractivity contribution < 1.29 is 4.52 Å². The summed E-state index contributed by atoms with van der Waals surface area (Å²) in [5.74, 6) is 1.19. The topological polar surface area (TPSA) is 77.8 Å². The van der Waals surface area contributed by atoms with Crippen LogP contribution >= 0.6 is 0 Å². The minimum Gasteiger partial charge on any atom is -0.338 e. The number of aromatic nitrogens is 3. The molecule has 96 valence electrons. The van der Waals surface area contributed by atoms with E-state index in [1.807, 2.05) is 12.1 Å². The van der Waals surface area contributed by atoms with E-state index >= 15 is 0 Å². The predicted molar refractivity (Wildman–Crippen MR) is 67.8 cm³/mol. The van der Waals surface area contributed by atoms with E-state index in [1.54, 1.807) is 12.4 Å². The van der Waals surface area contributed by atoms with Gasteiger partial charge in [-0.25, -0.2) is 0 Å². The fraction of sp³-hybridized carbons (Fsp3) is 0.462. The van der Waals surface area contributed by atoms with Crippen LogP contribution in [0.5, 0.6) is 0 Å². The Morgan fingerprint density at radius 2 is 2.33 bits per heavy atom. The molecule has 5 heteroatoms. The summed E-state index contributed by atoms with van der Waals surface area (Å²) in [6.45, 7) is 2.13. The molecule has 0 amide bonds. The van der Waals surface area contributed by atoms with Crippen molar-refractivity contribution in [3.05, 3.63) is 41.8 Å². The van der Waals surface area contributed by atoms with Gasteiger partial charge in [0.1, 0.15) is 0 Å². The zero-order chi connectivity index (χ0) is 12.8. The Morgan fingerprint density at radius 1 is 1.44 bits per heavy atom. The van der Waals surface area contributed by atoms with E-state index in [0.29, 0.717) is 18.1 Å². The van der Waals surface area contributed by atoms with Gasteiger partial charge in [0.25, 0.3) is 0 Å². The van der Waals surface area contributed by atoms with Gasteiger partial charge in [-0.05, 0) is 18.1 Å². The summed E-state index contributed by atoms with van der Waals surface area (Å²) in [5.41, 5.74) is 7.04. The molecule has 0 aromatic carbocycles. The molecule has 0 aliphatic heterocycles. The van der Waals surface area contributed by atoms with Crippen LogP contribution in [0, 0.1) is 0 Å². The van der Waals surface area contributed by atoms with Gasteiger partial charge >= 0.3 is 0 Å². The summed E-state index contributed by atoms with van der Waals surface area (Å²) in [7, 11) is 0. The van der Waals surface area contributed by atoms with Crippen molar-refractivity contribution in [3.63, 3.8) is 0 Å². The number of nitrogens with two attached hydrogens (primary N) is 1. The van der Waals surface area contributed by atoms with Crippen molar-refractivity contribution in [1.29, 1.82) is 0 Å². The summed E-state index contributed by atoms with van der Waals surface area (Å²) in [6.07, 6.45) is 7.23. The van der Waals surface area contributed by atoms with Crippen LogP contribution in [0.4, 0.5) is 0 Å². The fourth-order valence-corrected chi connectivity index (χ4v) is 1.72. The highest BCUT2D eigenvalue weighted by molar-refractivity contribution is 5.13. The van der Waals surface area contributed by atoms with Crippen LogP contribution in [0.3, 0.4) is 0 Å². The molecule has 0 spiro atoms. The Balaban J connectivity index is 1.98. The summed E-state index contributed by atoms with van der Waals surface area (Å²) in [6, 6.07) is 3.73. The zero-order valence-electron chi connectivity index (χ0n) is 10.5. The first-order valence-electron chi connectivity index (χ1n) is 6.26. The lowest BCUT2D eigenvalue weighted by Gasteiger charge is -2.03. The van der Waals surface area contributed by atoms with Crippen molar-refractivity contribution in [1.82, 2.24) is 15.1 Å². The molecule has 0 aliphatic rings. The lowest BCUT2D eigenvalue weighted by atomic mass is 10.1. The van der Waals surface area contributed by atoms with Crippen molar-refractivity contribution in [2.75, 3.05) is 0 Å². The van der Waals surface area contributed by atoms with E-state index in [1.165, 1.54) is 0 Å². The van der Waals surface area contributed by atoms with Gasteiger partial charge in [-0.2, -0.15) is 4.98 Å². The van der Waals surface area contributed by atoms with Gasteiger partial charge in [0.05, 0.1) is 6.04 Å². The van der Waals surface area contributed by atoms with Crippen LogP contribution in [-0.4, -0.2) is 15.1 Å². The monoisotopic (exact) mass is 246 g/mol. The summed E-state index contributed by atoms with van der Waals surface area (Å²) in [4.78, 5) is 8.38. The zero-order valence-corrected chi connectivity index (χ0v) is 10.5.